The van der Waals surface area contributed by atoms with Crippen LogP contribution < -0.4 is 20.9 Å². The van der Waals surface area contributed by atoms with E-state index in [4.69, 9.17) is 15.2 Å². The molecule has 114 valence electrons. The Labute approximate surface area is 126 Å². The minimum atomic E-state index is -0.436. The summed E-state index contributed by atoms with van der Waals surface area (Å²) in [6.45, 7) is 0. The number of nitrogens with two attached hydrogens (primary N) is 1. The first-order chi connectivity index (χ1) is 10.6. The number of nitrogens with one attached hydrogen (secondary N) is 2. The second kappa shape index (κ2) is 5.57. The van der Waals surface area contributed by atoms with Gasteiger partial charge in [-0.1, -0.05) is 12.1 Å². The fourth-order valence-corrected chi connectivity index (χ4v) is 2.60. The number of aromatic nitrogens is 2. The van der Waals surface area contributed by atoms with Crippen molar-refractivity contribution in [2.45, 2.75) is 6.04 Å². The lowest BCUT2D eigenvalue weighted by molar-refractivity contribution is 0.382. The maximum atomic E-state index is 11.4. The molecule has 22 heavy (non-hydrogen) atoms. The van der Waals surface area contributed by atoms with Crippen LogP contribution in [0.1, 0.15) is 17.2 Å². The summed E-state index contributed by atoms with van der Waals surface area (Å²) in [5.41, 5.74) is 9.24. The molecule has 2 aromatic carbocycles. The van der Waals surface area contributed by atoms with Crippen molar-refractivity contribution >= 4 is 11.0 Å². The van der Waals surface area contributed by atoms with Gasteiger partial charge in [0.05, 0.1) is 36.9 Å². The molecule has 3 aromatic rings. The van der Waals surface area contributed by atoms with E-state index in [9.17, 15) is 4.79 Å². The predicted octanol–water partition coefficient (Wildman–Crippen LogP) is 1.92. The smallest absolute Gasteiger partial charge is 0.323 e. The fourth-order valence-electron chi connectivity index (χ4n) is 2.60. The molecule has 0 amide bonds. The van der Waals surface area contributed by atoms with Gasteiger partial charge in [0.2, 0.25) is 0 Å². The van der Waals surface area contributed by atoms with E-state index in [-0.39, 0.29) is 5.69 Å². The highest BCUT2D eigenvalue weighted by Crippen LogP contribution is 2.36. The molecule has 3 rings (SSSR count). The number of rotatable bonds is 4. The Morgan fingerprint density at radius 1 is 1.00 bits per heavy atom. The van der Waals surface area contributed by atoms with Gasteiger partial charge in [0, 0.05) is 0 Å². The van der Waals surface area contributed by atoms with Crippen LogP contribution in [0, 0.1) is 0 Å². The summed E-state index contributed by atoms with van der Waals surface area (Å²) in [4.78, 5) is 16.8. The summed E-state index contributed by atoms with van der Waals surface area (Å²) in [5, 5.41) is 0. The fraction of sp³-hybridized carbons (Fsp3) is 0.188. The van der Waals surface area contributed by atoms with Crippen LogP contribution in [0.5, 0.6) is 11.5 Å². The van der Waals surface area contributed by atoms with E-state index in [0.29, 0.717) is 17.0 Å². The van der Waals surface area contributed by atoms with Crippen LogP contribution in [0.15, 0.2) is 41.2 Å². The topological polar surface area (TPSA) is 93.1 Å². The van der Waals surface area contributed by atoms with Crippen LogP contribution in [0.25, 0.3) is 11.0 Å². The predicted molar refractivity (Wildman–Crippen MR) is 84.5 cm³/mol. The van der Waals surface area contributed by atoms with E-state index in [1.165, 1.54) is 0 Å². The molecule has 0 fully saturated rings. The Morgan fingerprint density at radius 2 is 1.64 bits per heavy atom. The third-order valence-electron chi connectivity index (χ3n) is 3.68. The lowest BCUT2D eigenvalue weighted by atomic mass is 9.97. The van der Waals surface area contributed by atoms with Crippen LogP contribution in [0.2, 0.25) is 0 Å². The van der Waals surface area contributed by atoms with Crippen molar-refractivity contribution < 1.29 is 9.47 Å². The van der Waals surface area contributed by atoms with E-state index in [1.54, 1.807) is 14.2 Å². The highest BCUT2D eigenvalue weighted by Gasteiger charge is 2.19. The largest absolute Gasteiger partial charge is 0.496 e. The summed E-state index contributed by atoms with van der Waals surface area (Å²) in [7, 11) is 3.19. The first-order valence-electron chi connectivity index (χ1n) is 6.82. The van der Waals surface area contributed by atoms with Gasteiger partial charge in [0.1, 0.15) is 11.5 Å². The molecule has 1 aromatic heterocycles. The maximum Gasteiger partial charge on any atom is 0.323 e. The van der Waals surface area contributed by atoms with Crippen molar-refractivity contribution in [1.82, 2.24) is 9.97 Å². The summed E-state index contributed by atoms with van der Waals surface area (Å²) in [6.07, 6.45) is 0. The normalized spacial score (nSPS) is 12.3. The molecular formula is C16H17N3O3. The Hall–Kier alpha value is -2.73. The average molecular weight is 299 g/mol. The zero-order chi connectivity index (χ0) is 15.7. The Morgan fingerprint density at radius 3 is 2.27 bits per heavy atom. The number of benzene rings is 2. The zero-order valence-electron chi connectivity index (χ0n) is 12.3. The van der Waals surface area contributed by atoms with Crippen molar-refractivity contribution in [3.05, 3.63) is 58.0 Å². The average Bonchev–Trinajstić information content (AvgIpc) is 2.92. The van der Waals surface area contributed by atoms with Crippen molar-refractivity contribution in [2.24, 2.45) is 5.73 Å². The van der Waals surface area contributed by atoms with Gasteiger partial charge in [-0.25, -0.2) is 4.79 Å². The van der Waals surface area contributed by atoms with E-state index >= 15 is 0 Å². The number of H-pyrrole nitrogens is 2. The maximum absolute atomic E-state index is 11.4. The van der Waals surface area contributed by atoms with Gasteiger partial charge in [-0.2, -0.15) is 0 Å². The van der Waals surface area contributed by atoms with Crippen molar-refractivity contribution in [3.63, 3.8) is 0 Å². The van der Waals surface area contributed by atoms with Gasteiger partial charge in [0.25, 0.3) is 0 Å². The van der Waals surface area contributed by atoms with Crippen LogP contribution >= 0.6 is 0 Å². The molecule has 0 bridgehead atoms. The highest BCUT2D eigenvalue weighted by molar-refractivity contribution is 5.75. The number of aromatic amines is 2. The quantitative estimate of drug-likeness (QED) is 0.686. The molecule has 0 saturated heterocycles. The van der Waals surface area contributed by atoms with Gasteiger partial charge in [-0.3, -0.25) is 0 Å². The van der Waals surface area contributed by atoms with Gasteiger partial charge >= 0.3 is 5.69 Å². The number of imidazole rings is 1. The van der Waals surface area contributed by atoms with Gasteiger partial charge in [0.15, 0.2) is 0 Å². The minimum absolute atomic E-state index is 0.240. The monoisotopic (exact) mass is 299 g/mol. The van der Waals surface area contributed by atoms with Crippen LogP contribution in [0.4, 0.5) is 0 Å². The molecule has 6 heteroatoms. The van der Waals surface area contributed by atoms with Gasteiger partial charge < -0.3 is 25.2 Å². The van der Waals surface area contributed by atoms with Gasteiger partial charge in [-0.15, -0.1) is 0 Å². The molecule has 0 spiro atoms. The molecule has 0 aliphatic rings. The van der Waals surface area contributed by atoms with E-state index < -0.39 is 6.04 Å². The highest BCUT2D eigenvalue weighted by atomic mass is 16.5. The van der Waals surface area contributed by atoms with E-state index in [0.717, 1.165) is 16.6 Å². The standard InChI is InChI=1S/C16H17N3O3/c1-21-12-4-3-5-13(22-2)14(12)15(17)9-6-7-10-11(8-9)19-16(20)18-10/h3-8,15H,17H2,1-2H3,(H2,18,19,20). The Balaban J connectivity index is 2.12. The van der Waals surface area contributed by atoms with Crippen molar-refractivity contribution in [2.75, 3.05) is 14.2 Å². The van der Waals surface area contributed by atoms with Crippen molar-refractivity contribution in [1.29, 1.82) is 0 Å². The summed E-state index contributed by atoms with van der Waals surface area (Å²) in [6, 6.07) is 10.6. The number of methoxy groups -OCH3 is 2. The molecule has 0 radical (unpaired) electrons. The third kappa shape index (κ3) is 2.33. The van der Waals surface area contributed by atoms with Crippen LogP contribution in [-0.2, 0) is 0 Å². The molecule has 1 heterocycles. The molecule has 0 aliphatic carbocycles. The number of fused-ring (bicyclic) bond motifs is 1. The lowest BCUT2D eigenvalue weighted by Crippen LogP contribution is -2.14. The van der Waals surface area contributed by atoms with Gasteiger partial charge in [-0.05, 0) is 29.8 Å². The molecule has 0 aliphatic heterocycles. The third-order valence-corrected chi connectivity index (χ3v) is 3.68. The summed E-state index contributed by atoms with van der Waals surface area (Å²) in [5.74, 6) is 1.32. The van der Waals surface area contributed by atoms with Crippen molar-refractivity contribution in [3.8, 4) is 11.5 Å². The second-order valence-corrected chi connectivity index (χ2v) is 4.94. The second-order valence-electron chi connectivity index (χ2n) is 4.94. The molecule has 4 N–H and O–H groups in total. The number of ether oxygens (including phenoxy) is 2. The lowest BCUT2D eigenvalue weighted by Gasteiger charge is -2.19. The first kappa shape index (κ1) is 14.2. The number of hydrogen-bond acceptors (Lipinski definition) is 4. The van der Waals surface area contributed by atoms with E-state index in [2.05, 4.69) is 9.97 Å². The summed E-state index contributed by atoms with van der Waals surface area (Å²) >= 11 is 0. The van der Waals surface area contributed by atoms with Crippen LogP contribution in [0.3, 0.4) is 0 Å². The molecule has 6 nitrogen and oxygen atoms in total. The molecule has 1 atom stereocenters. The molecular weight excluding hydrogens is 282 g/mol. The van der Waals surface area contributed by atoms with E-state index in [1.807, 2.05) is 36.4 Å². The SMILES string of the molecule is COc1cccc(OC)c1C(N)c1ccc2[nH]c(=O)[nH]c2c1. The first-order valence-corrected chi connectivity index (χ1v) is 6.82. The Bertz CT molecular complexity index is 844. The number of hydrogen-bond donors (Lipinski definition) is 3. The Kier molecular flexibility index (Phi) is 3.60. The van der Waals surface area contributed by atoms with Crippen LogP contribution in [-0.4, -0.2) is 24.2 Å². The minimum Gasteiger partial charge on any atom is -0.496 e. The molecule has 1 unspecified atom stereocenters. The zero-order valence-corrected chi connectivity index (χ0v) is 12.3. The molecule has 0 saturated carbocycles. The summed E-state index contributed by atoms with van der Waals surface area (Å²) < 4.78 is 10.8.